The molecule has 0 spiro atoms. The maximum Gasteiger partial charge on any atom is 0.160 e. The predicted molar refractivity (Wildman–Crippen MR) is 227 cm³/mol. The van der Waals surface area contributed by atoms with Crippen molar-refractivity contribution in [2.24, 2.45) is 0 Å². The zero-order valence-corrected chi connectivity index (χ0v) is 30.1. The van der Waals surface area contributed by atoms with Crippen molar-refractivity contribution in [2.75, 3.05) is 0 Å². The van der Waals surface area contributed by atoms with Crippen LogP contribution in [0.4, 0.5) is 0 Å². The van der Waals surface area contributed by atoms with E-state index in [1.165, 1.54) is 0 Å². The van der Waals surface area contributed by atoms with Crippen LogP contribution in [0.3, 0.4) is 0 Å². The highest BCUT2D eigenvalue weighted by atomic mass is 16.3. The standard InChI is InChI=1S/C51H31N3O2/c1-2-14-32(15-3-1)51-53-45(31-46(54-51)39-17-5-4-16-38(39)44-24-10-11-27-52-44)35-29-33(36-20-12-22-42-40-18-6-8-25-47(40)55-49(36)42)28-34(30-35)37-21-13-23-43-41-19-7-9-26-48(41)56-50(37)43/h1-31H. The van der Waals surface area contributed by atoms with Crippen LogP contribution in [-0.4, -0.2) is 15.0 Å². The lowest BCUT2D eigenvalue weighted by Gasteiger charge is -2.15. The molecule has 0 aliphatic heterocycles. The van der Waals surface area contributed by atoms with Crippen molar-refractivity contribution in [3.05, 3.63) is 188 Å². The van der Waals surface area contributed by atoms with E-state index in [2.05, 4.69) is 109 Å². The molecule has 7 aromatic carbocycles. The summed E-state index contributed by atoms with van der Waals surface area (Å²) in [5.74, 6) is 0.639. The van der Waals surface area contributed by atoms with Gasteiger partial charge in [-0.15, -0.1) is 0 Å². The molecule has 0 saturated heterocycles. The number of furan rings is 2. The fourth-order valence-electron chi connectivity index (χ4n) is 7.94. The minimum Gasteiger partial charge on any atom is -0.455 e. The molecule has 0 aliphatic carbocycles. The topological polar surface area (TPSA) is 65.0 Å². The summed E-state index contributed by atoms with van der Waals surface area (Å²) in [5, 5.41) is 4.33. The van der Waals surface area contributed by atoms with Gasteiger partial charge in [-0.25, -0.2) is 9.97 Å². The molecule has 262 valence electrons. The molecule has 0 aliphatic rings. The average molecular weight is 718 g/mol. The quantitative estimate of drug-likeness (QED) is 0.171. The first-order valence-electron chi connectivity index (χ1n) is 18.7. The second-order valence-electron chi connectivity index (χ2n) is 13.9. The van der Waals surface area contributed by atoms with Gasteiger partial charge in [-0.3, -0.25) is 4.98 Å². The van der Waals surface area contributed by atoms with E-state index in [4.69, 9.17) is 23.8 Å². The normalized spacial score (nSPS) is 11.6. The fraction of sp³-hybridized carbons (Fsp3) is 0. The number of aromatic nitrogens is 3. The number of hydrogen-bond acceptors (Lipinski definition) is 5. The first-order valence-corrected chi connectivity index (χ1v) is 18.7. The number of nitrogens with zero attached hydrogens (tertiary/aromatic N) is 3. The lowest BCUT2D eigenvalue weighted by atomic mass is 9.92. The van der Waals surface area contributed by atoms with Gasteiger partial charge >= 0.3 is 0 Å². The minimum absolute atomic E-state index is 0.639. The molecule has 11 rings (SSSR count). The lowest BCUT2D eigenvalue weighted by Crippen LogP contribution is -1.98. The number of benzene rings is 7. The number of rotatable bonds is 6. The highest BCUT2D eigenvalue weighted by Crippen LogP contribution is 2.42. The second kappa shape index (κ2) is 13.0. The lowest BCUT2D eigenvalue weighted by molar-refractivity contribution is 0.670. The van der Waals surface area contributed by atoms with Gasteiger partial charge in [0.1, 0.15) is 22.3 Å². The van der Waals surface area contributed by atoms with Crippen molar-refractivity contribution >= 4 is 43.9 Å². The molecular weight excluding hydrogens is 687 g/mol. The third-order valence-corrected chi connectivity index (χ3v) is 10.6. The van der Waals surface area contributed by atoms with Crippen LogP contribution in [0.25, 0.3) is 111 Å². The van der Waals surface area contributed by atoms with Gasteiger partial charge in [0.2, 0.25) is 0 Å². The molecule has 0 N–H and O–H groups in total. The summed E-state index contributed by atoms with van der Waals surface area (Å²) in [5.41, 5.74) is 13.7. The monoisotopic (exact) mass is 717 g/mol. The molecule has 0 fully saturated rings. The summed E-state index contributed by atoms with van der Waals surface area (Å²) in [6.45, 7) is 0. The maximum atomic E-state index is 6.60. The minimum atomic E-state index is 0.639. The van der Waals surface area contributed by atoms with Gasteiger partial charge in [0.25, 0.3) is 0 Å². The Morgan fingerprint density at radius 1 is 0.321 bits per heavy atom. The zero-order valence-electron chi connectivity index (χ0n) is 30.1. The van der Waals surface area contributed by atoms with Crippen LogP contribution < -0.4 is 0 Å². The molecule has 4 aromatic heterocycles. The number of pyridine rings is 1. The van der Waals surface area contributed by atoms with Crippen LogP contribution >= 0.6 is 0 Å². The van der Waals surface area contributed by atoms with Gasteiger partial charge in [0.15, 0.2) is 5.82 Å². The molecule has 56 heavy (non-hydrogen) atoms. The van der Waals surface area contributed by atoms with Gasteiger partial charge in [-0.1, -0.05) is 133 Å². The van der Waals surface area contributed by atoms with E-state index in [0.29, 0.717) is 5.82 Å². The van der Waals surface area contributed by atoms with Crippen molar-refractivity contribution in [1.82, 2.24) is 15.0 Å². The van der Waals surface area contributed by atoms with E-state index >= 15 is 0 Å². The summed E-state index contributed by atoms with van der Waals surface area (Å²) < 4.78 is 13.2. The molecule has 0 radical (unpaired) electrons. The molecule has 5 heteroatoms. The summed E-state index contributed by atoms with van der Waals surface area (Å²) in [7, 11) is 0. The summed E-state index contributed by atoms with van der Waals surface area (Å²) in [6, 6.07) is 62.4. The van der Waals surface area contributed by atoms with Crippen molar-refractivity contribution in [1.29, 1.82) is 0 Å². The van der Waals surface area contributed by atoms with E-state index in [1.54, 1.807) is 0 Å². The Morgan fingerprint density at radius 3 is 1.45 bits per heavy atom. The van der Waals surface area contributed by atoms with E-state index in [0.717, 1.165) is 105 Å². The van der Waals surface area contributed by atoms with Crippen LogP contribution in [0, 0.1) is 0 Å². The third-order valence-electron chi connectivity index (χ3n) is 10.6. The van der Waals surface area contributed by atoms with Crippen LogP contribution in [0.2, 0.25) is 0 Å². The second-order valence-corrected chi connectivity index (χ2v) is 13.9. The molecule has 11 aromatic rings. The first kappa shape index (κ1) is 31.9. The molecule has 0 unspecified atom stereocenters. The van der Waals surface area contributed by atoms with Crippen LogP contribution in [0.1, 0.15) is 0 Å². The average Bonchev–Trinajstić information content (AvgIpc) is 3.85. The van der Waals surface area contributed by atoms with Crippen LogP contribution in [-0.2, 0) is 0 Å². The Morgan fingerprint density at radius 2 is 0.821 bits per heavy atom. The van der Waals surface area contributed by atoms with E-state index in [9.17, 15) is 0 Å². The maximum absolute atomic E-state index is 6.60. The SMILES string of the molecule is c1ccc(-c2nc(-c3cc(-c4cccc5c4oc4ccccc45)cc(-c4cccc5c4oc4ccccc45)c3)cc(-c3ccccc3-c3ccccn3)n2)cc1. The van der Waals surface area contributed by atoms with E-state index < -0.39 is 0 Å². The summed E-state index contributed by atoms with van der Waals surface area (Å²) in [4.78, 5) is 15.2. The van der Waals surface area contributed by atoms with Crippen molar-refractivity contribution in [3.63, 3.8) is 0 Å². The van der Waals surface area contributed by atoms with E-state index in [-0.39, 0.29) is 0 Å². The Labute approximate surface area is 322 Å². The molecule has 0 saturated carbocycles. The van der Waals surface area contributed by atoms with Crippen molar-refractivity contribution in [3.8, 4) is 67.4 Å². The van der Waals surface area contributed by atoms with Gasteiger partial charge < -0.3 is 8.83 Å². The third kappa shape index (κ3) is 5.37. The largest absolute Gasteiger partial charge is 0.455 e. The Balaban J connectivity index is 1.19. The smallest absolute Gasteiger partial charge is 0.160 e. The first-order chi connectivity index (χ1) is 27.7. The van der Waals surface area contributed by atoms with Crippen molar-refractivity contribution < 1.29 is 8.83 Å². The van der Waals surface area contributed by atoms with Gasteiger partial charge in [0, 0.05) is 61.1 Å². The van der Waals surface area contributed by atoms with E-state index in [1.807, 2.05) is 79.0 Å². The molecule has 4 heterocycles. The van der Waals surface area contributed by atoms with Gasteiger partial charge in [-0.2, -0.15) is 0 Å². The van der Waals surface area contributed by atoms with Crippen LogP contribution in [0.15, 0.2) is 197 Å². The Kier molecular flexibility index (Phi) is 7.42. The highest BCUT2D eigenvalue weighted by Gasteiger charge is 2.20. The molecule has 5 nitrogen and oxygen atoms in total. The Hall–Kier alpha value is -7.63. The highest BCUT2D eigenvalue weighted by molar-refractivity contribution is 6.11. The van der Waals surface area contributed by atoms with Crippen molar-refractivity contribution in [2.45, 2.75) is 0 Å². The Bertz CT molecular complexity index is 3120. The zero-order chi connectivity index (χ0) is 37.0. The molecule has 0 bridgehead atoms. The predicted octanol–water partition coefficient (Wildman–Crippen LogP) is 13.7. The van der Waals surface area contributed by atoms with Gasteiger partial charge in [0.05, 0.1) is 17.1 Å². The summed E-state index contributed by atoms with van der Waals surface area (Å²) in [6.07, 6.45) is 1.82. The summed E-state index contributed by atoms with van der Waals surface area (Å²) >= 11 is 0. The molecular formula is C51H31N3O2. The molecule has 0 amide bonds. The molecule has 0 atom stereocenters. The number of fused-ring (bicyclic) bond motifs is 6. The van der Waals surface area contributed by atoms with Gasteiger partial charge in [-0.05, 0) is 59.7 Å². The van der Waals surface area contributed by atoms with Crippen LogP contribution in [0.5, 0.6) is 0 Å². The number of para-hydroxylation sites is 4. The number of hydrogen-bond donors (Lipinski definition) is 0. The fourth-order valence-corrected chi connectivity index (χ4v) is 7.94.